The summed E-state index contributed by atoms with van der Waals surface area (Å²) in [6.07, 6.45) is 3.20. The number of imide groups is 1. The minimum atomic E-state index is -0.435. The van der Waals surface area contributed by atoms with Crippen LogP contribution in [0.5, 0.6) is 5.75 Å². The maximum atomic E-state index is 12.4. The second-order valence-electron chi connectivity index (χ2n) is 6.93. The monoisotopic (exact) mass is 636 g/mol. The van der Waals surface area contributed by atoms with Gasteiger partial charge in [-0.05, 0) is 85.3 Å². The standard InChI is InChI=1S/C24H18I2N2O3/c1-2-10-28-23(29)21(27-24(28)30)13-15-11-19(25)22(20(26)12-15)31-14-17-8-5-7-16-6-3-4-9-18(16)17/h2-9,11-13H,1,10,14H2,(H,27,30)/b21-13+. The molecule has 1 saturated heterocycles. The molecule has 1 N–H and O–H groups in total. The number of urea groups is 1. The van der Waals surface area contributed by atoms with Gasteiger partial charge in [0.1, 0.15) is 18.1 Å². The predicted octanol–water partition coefficient (Wildman–Crippen LogP) is 5.71. The highest BCUT2D eigenvalue weighted by molar-refractivity contribution is 14.1. The topological polar surface area (TPSA) is 58.6 Å². The summed E-state index contributed by atoms with van der Waals surface area (Å²) in [5.74, 6) is 0.442. The molecule has 3 amide bonds. The van der Waals surface area contributed by atoms with Crippen molar-refractivity contribution in [3.63, 3.8) is 0 Å². The number of nitrogens with one attached hydrogen (secondary N) is 1. The Kier molecular flexibility index (Phi) is 6.61. The Morgan fingerprint density at radius 3 is 2.48 bits per heavy atom. The van der Waals surface area contributed by atoms with Crippen LogP contribution in [0.1, 0.15) is 11.1 Å². The SMILES string of the molecule is C=CCN1C(=O)N/C(=C/c2cc(I)c(OCc3cccc4ccccc34)c(I)c2)C1=O. The Morgan fingerprint density at radius 2 is 1.74 bits per heavy atom. The van der Waals surface area contributed by atoms with E-state index in [9.17, 15) is 9.59 Å². The van der Waals surface area contributed by atoms with Gasteiger partial charge in [0.25, 0.3) is 5.91 Å². The number of halogens is 2. The molecule has 5 nitrogen and oxygen atoms in total. The third-order valence-electron chi connectivity index (χ3n) is 4.86. The molecule has 0 bridgehead atoms. The molecule has 7 heteroatoms. The summed E-state index contributed by atoms with van der Waals surface area (Å²) < 4.78 is 8.04. The van der Waals surface area contributed by atoms with E-state index >= 15 is 0 Å². The van der Waals surface area contributed by atoms with Gasteiger partial charge in [0.2, 0.25) is 0 Å². The van der Waals surface area contributed by atoms with Gasteiger partial charge in [0, 0.05) is 6.54 Å². The molecule has 3 aromatic carbocycles. The lowest BCUT2D eigenvalue weighted by Gasteiger charge is -2.13. The van der Waals surface area contributed by atoms with Crippen LogP contribution in [-0.2, 0) is 11.4 Å². The molecular weight excluding hydrogens is 618 g/mol. The van der Waals surface area contributed by atoms with Crippen LogP contribution in [-0.4, -0.2) is 23.4 Å². The van der Waals surface area contributed by atoms with Crippen molar-refractivity contribution in [1.29, 1.82) is 0 Å². The number of hydrogen-bond acceptors (Lipinski definition) is 3. The number of carbonyl (C=O) groups is 2. The summed E-state index contributed by atoms with van der Waals surface area (Å²) in [4.78, 5) is 25.5. The van der Waals surface area contributed by atoms with Gasteiger partial charge in [-0.2, -0.15) is 0 Å². The van der Waals surface area contributed by atoms with Crippen molar-refractivity contribution in [2.24, 2.45) is 0 Å². The van der Waals surface area contributed by atoms with Gasteiger partial charge in [0.05, 0.1) is 7.14 Å². The van der Waals surface area contributed by atoms with E-state index in [0.29, 0.717) is 6.61 Å². The molecule has 0 spiro atoms. The van der Waals surface area contributed by atoms with E-state index in [1.807, 2.05) is 30.3 Å². The molecule has 1 aliphatic heterocycles. The fourth-order valence-corrected chi connectivity index (χ4v) is 5.53. The Balaban J connectivity index is 1.56. The predicted molar refractivity (Wildman–Crippen MR) is 139 cm³/mol. The van der Waals surface area contributed by atoms with Crippen LogP contribution < -0.4 is 10.1 Å². The number of hydrogen-bond donors (Lipinski definition) is 1. The van der Waals surface area contributed by atoms with Gasteiger partial charge in [0.15, 0.2) is 0 Å². The van der Waals surface area contributed by atoms with E-state index in [1.165, 1.54) is 16.8 Å². The minimum Gasteiger partial charge on any atom is -0.487 e. The summed E-state index contributed by atoms with van der Waals surface area (Å²) in [5.41, 5.74) is 2.19. The fourth-order valence-electron chi connectivity index (χ4n) is 3.40. The Hall–Kier alpha value is -2.40. The normalized spacial score (nSPS) is 14.9. The lowest BCUT2D eigenvalue weighted by Crippen LogP contribution is -2.30. The van der Waals surface area contributed by atoms with Gasteiger partial charge >= 0.3 is 6.03 Å². The molecule has 0 saturated carbocycles. The molecule has 0 aliphatic carbocycles. The van der Waals surface area contributed by atoms with Gasteiger partial charge in [-0.15, -0.1) is 6.58 Å². The first kappa shape index (κ1) is 21.8. The number of nitrogens with zero attached hydrogens (tertiary/aromatic N) is 1. The average molecular weight is 636 g/mol. The average Bonchev–Trinajstić information content (AvgIpc) is 3.01. The van der Waals surface area contributed by atoms with E-state index < -0.39 is 6.03 Å². The summed E-state index contributed by atoms with van der Waals surface area (Å²) >= 11 is 4.46. The van der Waals surface area contributed by atoms with E-state index in [1.54, 1.807) is 6.08 Å². The first-order valence-corrected chi connectivity index (χ1v) is 11.7. The number of rotatable bonds is 6. The highest BCUT2D eigenvalue weighted by Crippen LogP contribution is 2.31. The molecule has 4 rings (SSSR count). The second-order valence-corrected chi connectivity index (χ2v) is 9.26. The lowest BCUT2D eigenvalue weighted by molar-refractivity contribution is -0.122. The maximum absolute atomic E-state index is 12.4. The molecule has 3 aromatic rings. The number of benzene rings is 3. The van der Waals surface area contributed by atoms with Crippen LogP contribution in [0, 0.1) is 7.14 Å². The zero-order valence-electron chi connectivity index (χ0n) is 16.4. The first-order chi connectivity index (χ1) is 15.0. The summed E-state index contributed by atoms with van der Waals surface area (Å²) in [6, 6.07) is 17.9. The third kappa shape index (κ3) is 4.62. The summed E-state index contributed by atoms with van der Waals surface area (Å²) in [7, 11) is 0. The molecule has 0 unspecified atom stereocenters. The molecule has 0 radical (unpaired) electrons. The molecule has 1 fully saturated rings. The lowest BCUT2D eigenvalue weighted by atomic mass is 10.1. The second kappa shape index (κ2) is 9.39. The van der Waals surface area contributed by atoms with E-state index in [-0.39, 0.29) is 18.1 Å². The fraction of sp³-hybridized carbons (Fsp3) is 0.0833. The molecule has 0 atom stereocenters. The molecule has 1 heterocycles. The Labute approximate surface area is 207 Å². The largest absolute Gasteiger partial charge is 0.487 e. The van der Waals surface area contributed by atoms with Crippen LogP contribution >= 0.6 is 45.2 Å². The molecular formula is C24H18I2N2O3. The number of amides is 3. The number of ether oxygens (including phenoxy) is 1. The van der Waals surface area contributed by atoms with Crippen molar-refractivity contribution < 1.29 is 14.3 Å². The van der Waals surface area contributed by atoms with Crippen molar-refractivity contribution in [3.05, 3.63) is 91.2 Å². The smallest absolute Gasteiger partial charge is 0.329 e. The van der Waals surface area contributed by atoms with Crippen LogP contribution in [0.2, 0.25) is 0 Å². The molecule has 31 heavy (non-hydrogen) atoms. The zero-order chi connectivity index (χ0) is 22.0. The van der Waals surface area contributed by atoms with Gasteiger partial charge in [-0.3, -0.25) is 9.69 Å². The van der Waals surface area contributed by atoms with Gasteiger partial charge in [-0.25, -0.2) is 4.79 Å². The highest BCUT2D eigenvalue weighted by Gasteiger charge is 2.32. The summed E-state index contributed by atoms with van der Waals surface area (Å²) in [6.45, 7) is 4.22. The van der Waals surface area contributed by atoms with Crippen molar-refractivity contribution in [1.82, 2.24) is 10.2 Å². The van der Waals surface area contributed by atoms with Crippen molar-refractivity contribution in [3.8, 4) is 5.75 Å². The van der Waals surface area contributed by atoms with Crippen LogP contribution in [0.3, 0.4) is 0 Å². The maximum Gasteiger partial charge on any atom is 0.329 e. The Bertz CT molecular complexity index is 1210. The summed E-state index contributed by atoms with van der Waals surface area (Å²) in [5, 5.41) is 4.98. The van der Waals surface area contributed by atoms with Gasteiger partial charge < -0.3 is 10.1 Å². The molecule has 1 aliphatic rings. The van der Waals surface area contributed by atoms with Crippen LogP contribution in [0.25, 0.3) is 16.8 Å². The van der Waals surface area contributed by atoms with Crippen LogP contribution in [0.4, 0.5) is 4.79 Å². The van der Waals surface area contributed by atoms with Crippen molar-refractivity contribution in [2.75, 3.05) is 6.54 Å². The first-order valence-electron chi connectivity index (χ1n) is 9.52. The van der Waals surface area contributed by atoms with E-state index in [2.05, 4.69) is 81.3 Å². The van der Waals surface area contributed by atoms with E-state index in [0.717, 1.165) is 28.9 Å². The quantitative estimate of drug-likeness (QED) is 0.164. The van der Waals surface area contributed by atoms with Gasteiger partial charge in [-0.1, -0.05) is 48.5 Å². The van der Waals surface area contributed by atoms with Crippen molar-refractivity contribution in [2.45, 2.75) is 6.61 Å². The third-order valence-corrected chi connectivity index (χ3v) is 6.46. The zero-order valence-corrected chi connectivity index (χ0v) is 20.7. The van der Waals surface area contributed by atoms with E-state index in [4.69, 9.17) is 4.74 Å². The van der Waals surface area contributed by atoms with Crippen molar-refractivity contribution >= 4 is 74.0 Å². The van der Waals surface area contributed by atoms with Crippen LogP contribution in [0.15, 0.2) is 72.9 Å². The number of fused-ring (bicyclic) bond motifs is 1. The highest BCUT2D eigenvalue weighted by atomic mass is 127. The minimum absolute atomic E-state index is 0.179. The molecule has 0 aromatic heterocycles. The molecule has 156 valence electrons. The Morgan fingerprint density at radius 1 is 1.03 bits per heavy atom. The number of carbonyl (C=O) groups excluding carboxylic acids is 2.